The van der Waals surface area contributed by atoms with E-state index in [2.05, 4.69) is 34.3 Å². The molecule has 1 N–H and O–H groups in total. The molecule has 1 aliphatic rings. The number of pyridine rings is 1. The van der Waals surface area contributed by atoms with Crippen LogP contribution < -0.4 is 10.2 Å². The van der Waals surface area contributed by atoms with Gasteiger partial charge in [0.2, 0.25) is 0 Å². The number of nitrogens with one attached hydrogen (secondary N) is 1. The van der Waals surface area contributed by atoms with Crippen molar-refractivity contribution in [2.75, 3.05) is 31.1 Å². The molecule has 2 aromatic rings. The quantitative estimate of drug-likeness (QED) is 0.944. The highest BCUT2D eigenvalue weighted by atomic mass is 16.2. The molecule has 5 nitrogen and oxygen atoms in total. The zero-order valence-corrected chi connectivity index (χ0v) is 14.3. The van der Waals surface area contributed by atoms with Crippen LogP contribution in [0.25, 0.3) is 0 Å². The van der Waals surface area contributed by atoms with Gasteiger partial charge in [0.05, 0.1) is 6.04 Å². The minimum absolute atomic E-state index is 0.0110. The molecule has 0 bridgehead atoms. The van der Waals surface area contributed by atoms with E-state index in [1.54, 1.807) is 12.4 Å². The molecule has 0 aliphatic carbocycles. The van der Waals surface area contributed by atoms with Gasteiger partial charge in [-0.1, -0.05) is 24.3 Å². The summed E-state index contributed by atoms with van der Waals surface area (Å²) in [6.45, 7) is 7.26. The Morgan fingerprint density at radius 3 is 2.42 bits per heavy atom. The third kappa shape index (κ3) is 3.67. The normalized spacial score (nSPS) is 15.9. The summed E-state index contributed by atoms with van der Waals surface area (Å²) in [5, 5.41) is 3.12. The van der Waals surface area contributed by atoms with Crippen LogP contribution in [0.4, 0.5) is 10.5 Å². The third-order valence-corrected chi connectivity index (χ3v) is 4.59. The van der Waals surface area contributed by atoms with E-state index in [0.717, 1.165) is 26.2 Å². The number of hydrogen-bond donors (Lipinski definition) is 1. The number of aromatic nitrogens is 1. The van der Waals surface area contributed by atoms with Gasteiger partial charge in [-0.05, 0) is 37.1 Å². The minimum atomic E-state index is 0.0110. The number of nitrogens with zero attached hydrogens (tertiary/aromatic N) is 3. The van der Waals surface area contributed by atoms with Crippen molar-refractivity contribution in [2.24, 2.45) is 0 Å². The molecule has 2 amide bonds. The van der Waals surface area contributed by atoms with Crippen molar-refractivity contribution in [1.82, 2.24) is 15.2 Å². The van der Waals surface area contributed by atoms with Gasteiger partial charge in [0, 0.05) is 44.3 Å². The van der Waals surface area contributed by atoms with E-state index in [0.29, 0.717) is 0 Å². The highest BCUT2D eigenvalue weighted by Crippen LogP contribution is 2.18. The second kappa shape index (κ2) is 7.34. The largest absolute Gasteiger partial charge is 0.368 e. The zero-order chi connectivity index (χ0) is 16.9. The van der Waals surface area contributed by atoms with Crippen LogP contribution in [0.15, 0.2) is 48.8 Å². The summed E-state index contributed by atoms with van der Waals surface area (Å²) in [6.07, 6.45) is 3.61. The molecule has 1 aromatic carbocycles. The molecule has 1 atom stereocenters. The first kappa shape index (κ1) is 16.3. The first-order valence-electron chi connectivity index (χ1n) is 8.41. The molecule has 1 fully saturated rings. The Kier molecular flexibility index (Phi) is 4.99. The lowest BCUT2D eigenvalue weighted by atomic mass is 10.0. The molecular formula is C19H24N4O. The fourth-order valence-electron chi connectivity index (χ4n) is 3.15. The van der Waals surface area contributed by atoms with Gasteiger partial charge in [0.1, 0.15) is 0 Å². The van der Waals surface area contributed by atoms with Crippen LogP contribution in [0, 0.1) is 6.92 Å². The van der Waals surface area contributed by atoms with E-state index >= 15 is 0 Å². The molecular weight excluding hydrogens is 300 g/mol. The Bertz CT molecular complexity index is 681. The number of anilines is 1. The van der Waals surface area contributed by atoms with Crippen LogP contribution in [0.3, 0.4) is 0 Å². The Morgan fingerprint density at radius 2 is 1.75 bits per heavy atom. The number of hydrogen-bond acceptors (Lipinski definition) is 3. The van der Waals surface area contributed by atoms with E-state index in [9.17, 15) is 4.79 Å². The molecule has 2 heterocycles. The summed E-state index contributed by atoms with van der Waals surface area (Å²) in [4.78, 5) is 20.8. The summed E-state index contributed by atoms with van der Waals surface area (Å²) in [7, 11) is 0. The second-order valence-corrected chi connectivity index (χ2v) is 6.21. The number of amides is 2. The number of urea groups is 1. The minimum Gasteiger partial charge on any atom is -0.368 e. The lowest BCUT2D eigenvalue weighted by Gasteiger charge is -2.36. The molecule has 126 valence electrons. The highest BCUT2D eigenvalue weighted by Gasteiger charge is 2.22. The first-order valence-corrected chi connectivity index (χ1v) is 8.41. The predicted molar refractivity (Wildman–Crippen MR) is 96.1 cm³/mol. The molecule has 3 rings (SSSR count). The van der Waals surface area contributed by atoms with Crippen molar-refractivity contribution in [3.8, 4) is 0 Å². The van der Waals surface area contributed by atoms with Crippen LogP contribution in [-0.2, 0) is 0 Å². The molecule has 0 spiro atoms. The first-order chi connectivity index (χ1) is 11.6. The number of rotatable bonds is 3. The average molecular weight is 324 g/mol. The van der Waals surface area contributed by atoms with E-state index in [1.807, 2.05) is 36.1 Å². The standard InChI is InChI=1S/C19H24N4O/c1-15-5-3-4-6-18(15)16(2)21-19(24)23-13-11-22(12-14-23)17-7-9-20-10-8-17/h3-10,16H,11-14H2,1-2H3,(H,21,24). The topological polar surface area (TPSA) is 48.5 Å². The van der Waals surface area contributed by atoms with Gasteiger partial charge in [-0.3, -0.25) is 4.98 Å². The highest BCUT2D eigenvalue weighted by molar-refractivity contribution is 5.75. The number of benzene rings is 1. The lowest BCUT2D eigenvalue weighted by Crippen LogP contribution is -2.52. The van der Waals surface area contributed by atoms with Gasteiger partial charge >= 0.3 is 6.03 Å². The van der Waals surface area contributed by atoms with E-state index in [-0.39, 0.29) is 12.1 Å². The van der Waals surface area contributed by atoms with Gasteiger partial charge in [-0.2, -0.15) is 0 Å². The van der Waals surface area contributed by atoms with Gasteiger partial charge in [-0.25, -0.2) is 4.79 Å². The molecule has 0 saturated carbocycles. The summed E-state index contributed by atoms with van der Waals surface area (Å²) >= 11 is 0. The molecule has 0 radical (unpaired) electrons. The van der Waals surface area contributed by atoms with Crippen molar-refractivity contribution in [3.05, 3.63) is 59.9 Å². The molecule has 24 heavy (non-hydrogen) atoms. The van der Waals surface area contributed by atoms with Gasteiger partial charge in [-0.15, -0.1) is 0 Å². The summed E-state index contributed by atoms with van der Waals surface area (Å²) < 4.78 is 0. The Labute approximate surface area is 143 Å². The lowest BCUT2D eigenvalue weighted by molar-refractivity contribution is 0.191. The van der Waals surface area contributed by atoms with Crippen LogP contribution in [-0.4, -0.2) is 42.1 Å². The SMILES string of the molecule is Cc1ccccc1C(C)NC(=O)N1CCN(c2ccncc2)CC1. The predicted octanol–water partition coefficient (Wildman–Crippen LogP) is 2.98. The smallest absolute Gasteiger partial charge is 0.317 e. The molecule has 5 heteroatoms. The van der Waals surface area contributed by atoms with E-state index in [1.165, 1.54) is 16.8 Å². The zero-order valence-electron chi connectivity index (χ0n) is 14.3. The van der Waals surface area contributed by atoms with Gasteiger partial charge in [0.15, 0.2) is 0 Å². The van der Waals surface area contributed by atoms with Gasteiger partial charge in [0.25, 0.3) is 0 Å². The fraction of sp³-hybridized carbons (Fsp3) is 0.368. The maximum atomic E-state index is 12.5. The molecule has 1 unspecified atom stereocenters. The van der Waals surface area contributed by atoms with Crippen molar-refractivity contribution in [3.63, 3.8) is 0 Å². The maximum Gasteiger partial charge on any atom is 0.317 e. The van der Waals surface area contributed by atoms with Crippen LogP contribution in [0.5, 0.6) is 0 Å². The van der Waals surface area contributed by atoms with Crippen molar-refractivity contribution in [2.45, 2.75) is 19.9 Å². The van der Waals surface area contributed by atoms with Crippen LogP contribution in [0.1, 0.15) is 24.1 Å². The Hall–Kier alpha value is -2.56. The van der Waals surface area contributed by atoms with Crippen molar-refractivity contribution in [1.29, 1.82) is 0 Å². The number of carbonyl (C=O) groups is 1. The summed E-state index contributed by atoms with van der Waals surface area (Å²) in [5.41, 5.74) is 3.53. The Morgan fingerprint density at radius 1 is 1.08 bits per heavy atom. The van der Waals surface area contributed by atoms with Gasteiger partial charge < -0.3 is 15.1 Å². The number of carbonyl (C=O) groups excluding carboxylic acids is 1. The second-order valence-electron chi connectivity index (χ2n) is 6.21. The van der Waals surface area contributed by atoms with Crippen LogP contribution >= 0.6 is 0 Å². The molecule has 1 aromatic heterocycles. The third-order valence-electron chi connectivity index (χ3n) is 4.59. The van der Waals surface area contributed by atoms with Crippen LogP contribution in [0.2, 0.25) is 0 Å². The average Bonchev–Trinajstić information content (AvgIpc) is 2.63. The summed E-state index contributed by atoms with van der Waals surface area (Å²) in [5.74, 6) is 0. The molecule has 1 saturated heterocycles. The number of aryl methyl sites for hydroxylation is 1. The monoisotopic (exact) mass is 324 g/mol. The van der Waals surface area contributed by atoms with E-state index in [4.69, 9.17) is 0 Å². The van der Waals surface area contributed by atoms with Crippen molar-refractivity contribution < 1.29 is 4.79 Å². The number of piperazine rings is 1. The summed E-state index contributed by atoms with van der Waals surface area (Å²) in [6, 6.07) is 12.2. The Balaban J connectivity index is 1.55. The maximum absolute atomic E-state index is 12.5. The molecule has 1 aliphatic heterocycles. The van der Waals surface area contributed by atoms with Crippen molar-refractivity contribution >= 4 is 11.7 Å². The fourth-order valence-corrected chi connectivity index (χ4v) is 3.15. The van der Waals surface area contributed by atoms with E-state index < -0.39 is 0 Å².